The molecule has 0 aliphatic carbocycles. The third kappa shape index (κ3) is 8.47. The van der Waals surface area contributed by atoms with Crippen molar-refractivity contribution in [2.45, 2.75) is 69.2 Å². The summed E-state index contributed by atoms with van der Waals surface area (Å²) >= 11 is 0. The molecule has 0 radical (unpaired) electrons. The highest BCUT2D eigenvalue weighted by molar-refractivity contribution is 7.93. The Morgan fingerprint density at radius 1 is 0.960 bits per heavy atom. The van der Waals surface area contributed by atoms with Gasteiger partial charge in [-0.25, -0.2) is 0 Å². The number of benzene rings is 1. The van der Waals surface area contributed by atoms with Crippen molar-refractivity contribution in [1.82, 2.24) is 0 Å². The third-order valence-electron chi connectivity index (χ3n) is 4.41. The zero-order valence-electron chi connectivity index (χ0n) is 14.6. The van der Waals surface area contributed by atoms with Crippen LogP contribution in [0.1, 0.15) is 69.8 Å². The molecular weight excluding hydrogens is 363 g/mol. The Morgan fingerprint density at radius 3 is 2.08 bits per heavy atom. The fourth-order valence-corrected chi connectivity index (χ4v) is 5.34. The normalized spacial score (nSPS) is 15.0. The van der Waals surface area contributed by atoms with E-state index in [2.05, 4.69) is 6.92 Å². The molecule has 0 amide bonds. The van der Waals surface area contributed by atoms with E-state index in [0.29, 0.717) is 6.42 Å². The van der Waals surface area contributed by atoms with Gasteiger partial charge in [0.1, 0.15) is 0 Å². The fourth-order valence-electron chi connectivity index (χ4n) is 3.03. The second-order valence-electron chi connectivity index (χ2n) is 6.45. The summed E-state index contributed by atoms with van der Waals surface area (Å²) in [6, 6.07) is 9.55. The van der Waals surface area contributed by atoms with Crippen molar-refractivity contribution in [1.29, 1.82) is 0 Å². The summed E-state index contributed by atoms with van der Waals surface area (Å²) in [7, 11) is -9.72. The summed E-state index contributed by atoms with van der Waals surface area (Å²) in [5.41, 5.74) is 1.03. The monoisotopic (exact) mass is 392 g/mol. The second kappa shape index (κ2) is 10.4. The van der Waals surface area contributed by atoms with Gasteiger partial charge in [0, 0.05) is 0 Å². The van der Waals surface area contributed by atoms with Crippen LogP contribution in [0.3, 0.4) is 0 Å². The van der Waals surface area contributed by atoms with E-state index in [1.165, 1.54) is 6.42 Å². The van der Waals surface area contributed by atoms with Gasteiger partial charge < -0.3 is 9.79 Å². The molecule has 3 N–H and O–H groups in total. The van der Waals surface area contributed by atoms with Crippen LogP contribution >= 0.6 is 7.60 Å². The van der Waals surface area contributed by atoms with Crippen molar-refractivity contribution in [2.75, 3.05) is 0 Å². The smallest absolute Gasteiger partial charge is 0.323 e. The maximum absolute atomic E-state index is 11.4. The lowest BCUT2D eigenvalue weighted by atomic mass is 9.89. The van der Waals surface area contributed by atoms with Crippen LogP contribution in [0.15, 0.2) is 30.3 Å². The molecule has 0 spiro atoms. The number of hydrogen-bond acceptors (Lipinski definition) is 3. The topological polar surface area (TPSA) is 112 Å². The lowest BCUT2D eigenvalue weighted by Crippen LogP contribution is -2.21. The van der Waals surface area contributed by atoms with Gasteiger partial charge in [-0.1, -0.05) is 69.4 Å². The maximum Gasteiger partial charge on any atom is 0.346 e. The lowest BCUT2D eigenvalue weighted by molar-refractivity contribution is 0.358. The molecule has 6 nitrogen and oxygen atoms in total. The molecule has 1 aromatic rings. The van der Waals surface area contributed by atoms with Crippen molar-refractivity contribution in [3.05, 3.63) is 35.9 Å². The van der Waals surface area contributed by atoms with Gasteiger partial charge in [0.15, 0.2) is 4.99 Å². The Hall–Kier alpha value is -0.720. The van der Waals surface area contributed by atoms with Crippen LogP contribution in [0.25, 0.3) is 0 Å². The highest BCUT2D eigenvalue weighted by Crippen LogP contribution is 2.47. The molecule has 0 aromatic heterocycles. The summed E-state index contributed by atoms with van der Waals surface area (Å²) in [5.74, 6) is 0.0126. The van der Waals surface area contributed by atoms with E-state index in [9.17, 15) is 22.8 Å². The first kappa shape index (κ1) is 22.3. The van der Waals surface area contributed by atoms with E-state index < -0.39 is 22.7 Å². The van der Waals surface area contributed by atoms with Crippen LogP contribution in [0.5, 0.6) is 0 Å². The molecule has 144 valence electrons. The molecule has 2 unspecified atom stereocenters. The van der Waals surface area contributed by atoms with Gasteiger partial charge in [-0.3, -0.25) is 9.12 Å². The standard InChI is InChI=1S/C17H29O6PS/c1-2-3-4-5-7-12-16(15-10-8-6-9-11-15)13-14-17(24(18,19)20)25(21,22)23/h6,8-11,16-17H,2-5,7,12-14H2,1H3,(H2,18,19,20)(H,21,22,23). The average molecular weight is 392 g/mol. The number of rotatable bonds is 12. The van der Waals surface area contributed by atoms with Crippen molar-refractivity contribution < 1.29 is 27.3 Å². The Bertz CT molecular complexity index is 640. The van der Waals surface area contributed by atoms with Crippen LogP contribution in [-0.2, 0) is 14.7 Å². The first-order valence-electron chi connectivity index (χ1n) is 8.72. The molecule has 0 heterocycles. The molecule has 0 saturated heterocycles. The Morgan fingerprint density at radius 2 is 1.56 bits per heavy atom. The van der Waals surface area contributed by atoms with Crippen LogP contribution in [0, 0.1) is 0 Å². The SMILES string of the molecule is CCCCCCCC(CCC(P(=O)(O)O)S(=O)(=O)O)c1ccccc1. The zero-order valence-corrected chi connectivity index (χ0v) is 16.3. The molecule has 2 atom stereocenters. The van der Waals surface area contributed by atoms with Gasteiger partial charge >= 0.3 is 7.60 Å². The maximum atomic E-state index is 11.4. The van der Waals surface area contributed by atoms with Crippen LogP contribution < -0.4 is 0 Å². The van der Waals surface area contributed by atoms with E-state index in [1.807, 2.05) is 30.3 Å². The Labute approximate surface area is 150 Å². The molecule has 8 heteroatoms. The van der Waals surface area contributed by atoms with Gasteiger partial charge in [0.05, 0.1) is 0 Å². The van der Waals surface area contributed by atoms with Crippen molar-refractivity contribution >= 4 is 17.7 Å². The highest BCUT2D eigenvalue weighted by Gasteiger charge is 2.39. The average Bonchev–Trinajstić information content (AvgIpc) is 2.51. The van der Waals surface area contributed by atoms with Crippen LogP contribution in [0.2, 0.25) is 0 Å². The largest absolute Gasteiger partial charge is 0.346 e. The Balaban J connectivity index is 2.77. The first-order chi connectivity index (χ1) is 11.7. The number of unbranched alkanes of at least 4 members (excludes halogenated alkanes) is 4. The van der Waals surface area contributed by atoms with E-state index in [0.717, 1.165) is 37.7 Å². The molecule has 1 aromatic carbocycles. The minimum Gasteiger partial charge on any atom is -0.323 e. The van der Waals surface area contributed by atoms with Gasteiger partial charge in [0.25, 0.3) is 10.1 Å². The molecule has 0 aliphatic rings. The van der Waals surface area contributed by atoms with Crippen molar-refractivity contribution in [2.24, 2.45) is 0 Å². The van der Waals surface area contributed by atoms with E-state index in [-0.39, 0.29) is 12.3 Å². The molecule has 1 rings (SSSR count). The van der Waals surface area contributed by atoms with E-state index >= 15 is 0 Å². The first-order valence-corrected chi connectivity index (χ1v) is 11.9. The summed E-state index contributed by atoms with van der Waals surface area (Å²) in [5, 5.41) is 0. The molecular formula is C17H29O6PS. The third-order valence-corrected chi connectivity index (χ3v) is 7.96. The van der Waals surface area contributed by atoms with Gasteiger partial charge in [-0.2, -0.15) is 8.42 Å². The second-order valence-corrected chi connectivity index (χ2v) is 10.2. The minimum absolute atomic E-state index is 0.0126. The van der Waals surface area contributed by atoms with E-state index in [4.69, 9.17) is 4.55 Å². The molecule has 0 aliphatic heterocycles. The van der Waals surface area contributed by atoms with Crippen LogP contribution in [0.4, 0.5) is 0 Å². The lowest BCUT2D eigenvalue weighted by Gasteiger charge is -2.21. The number of hydrogen-bond donors (Lipinski definition) is 3. The van der Waals surface area contributed by atoms with E-state index in [1.54, 1.807) is 0 Å². The summed E-state index contributed by atoms with van der Waals surface area (Å²) in [6.45, 7) is 2.14. The Kier molecular flexibility index (Phi) is 9.32. The molecule has 0 bridgehead atoms. The highest BCUT2D eigenvalue weighted by atomic mass is 32.2. The molecule has 25 heavy (non-hydrogen) atoms. The van der Waals surface area contributed by atoms with Gasteiger partial charge in [0.2, 0.25) is 0 Å². The zero-order chi connectivity index (χ0) is 18.9. The summed E-state index contributed by atoms with van der Waals surface area (Å²) < 4.78 is 43.2. The molecule has 0 saturated carbocycles. The quantitative estimate of drug-likeness (QED) is 0.278. The van der Waals surface area contributed by atoms with Crippen LogP contribution in [-0.4, -0.2) is 27.7 Å². The van der Waals surface area contributed by atoms with Gasteiger partial charge in [-0.15, -0.1) is 0 Å². The molecule has 0 fully saturated rings. The van der Waals surface area contributed by atoms with Crippen molar-refractivity contribution in [3.63, 3.8) is 0 Å². The minimum atomic E-state index is -4.92. The van der Waals surface area contributed by atoms with Gasteiger partial charge in [-0.05, 0) is 30.7 Å². The summed E-state index contributed by atoms with van der Waals surface area (Å²) in [6.07, 6.45) is 6.40. The fraction of sp³-hybridized carbons (Fsp3) is 0.647. The summed E-state index contributed by atoms with van der Waals surface area (Å²) in [4.78, 5) is 16.4. The van der Waals surface area contributed by atoms with Crippen molar-refractivity contribution in [3.8, 4) is 0 Å². The predicted molar refractivity (Wildman–Crippen MR) is 99.2 cm³/mol. The predicted octanol–water partition coefficient (Wildman–Crippen LogP) is 4.30.